The van der Waals surface area contributed by atoms with Crippen LogP contribution in [0.2, 0.25) is 5.02 Å². The van der Waals surface area contributed by atoms with Gasteiger partial charge in [0.05, 0.1) is 36.5 Å². The van der Waals surface area contributed by atoms with E-state index in [1.807, 2.05) is 39.8 Å². The Morgan fingerprint density at radius 3 is 2.28 bits per heavy atom. The molecule has 1 heterocycles. The zero-order valence-electron chi connectivity index (χ0n) is 21.3. The number of benzene rings is 2. The van der Waals surface area contributed by atoms with E-state index in [4.69, 9.17) is 25.8 Å². The molecule has 0 aromatic heterocycles. The number of Topliss-reactive ketones (excluding diaryl/α,β-unsaturated/α-hetero) is 1. The normalized spacial score (nSPS) is 17.1. The molecule has 0 spiro atoms. The summed E-state index contributed by atoms with van der Waals surface area (Å²) in [6.45, 7) is 7.66. The molecule has 2 aromatic carbocycles. The SMILES string of the molecule is CCOc1ccc(Cl)c(/C(O)=C2\C(=O)C(=O)N(CCN(C)C)C2c2ccc(OCC)c(OCC)c2)c1. The minimum Gasteiger partial charge on any atom is -0.507 e. The monoisotopic (exact) mass is 516 g/mol. The molecule has 0 saturated carbocycles. The Labute approximate surface area is 217 Å². The van der Waals surface area contributed by atoms with Gasteiger partial charge in [-0.1, -0.05) is 17.7 Å². The number of likely N-dealkylation sites (tertiary alicyclic amines) is 1. The van der Waals surface area contributed by atoms with Crippen LogP contribution in [0.5, 0.6) is 17.2 Å². The first-order chi connectivity index (χ1) is 17.2. The van der Waals surface area contributed by atoms with E-state index in [-0.39, 0.29) is 28.5 Å². The molecule has 3 rings (SSSR count). The predicted octanol–water partition coefficient (Wildman–Crippen LogP) is 4.52. The first-order valence-electron chi connectivity index (χ1n) is 12.0. The maximum absolute atomic E-state index is 13.3. The van der Waals surface area contributed by atoms with Crippen molar-refractivity contribution < 1.29 is 28.9 Å². The Kier molecular flexibility index (Phi) is 9.23. The minimum absolute atomic E-state index is 0.0408. The first kappa shape index (κ1) is 27.4. The zero-order valence-corrected chi connectivity index (χ0v) is 22.1. The van der Waals surface area contributed by atoms with Crippen molar-refractivity contribution in [3.8, 4) is 17.2 Å². The summed E-state index contributed by atoms with van der Waals surface area (Å²) in [6, 6.07) is 9.26. The maximum Gasteiger partial charge on any atom is 0.295 e. The molecule has 1 N–H and O–H groups in total. The fourth-order valence-corrected chi connectivity index (χ4v) is 4.30. The lowest BCUT2D eigenvalue weighted by atomic mass is 9.95. The van der Waals surface area contributed by atoms with Gasteiger partial charge in [-0.2, -0.15) is 0 Å². The van der Waals surface area contributed by atoms with Crippen molar-refractivity contribution in [2.24, 2.45) is 0 Å². The van der Waals surface area contributed by atoms with E-state index in [9.17, 15) is 14.7 Å². The summed E-state index contributed by atoms with van der Waals surface area (Å²) in [6.07, 6.45) is 0. The molecule has 1 aliphatic rings. The van der Waals surface area contributed by atoms with Crippen LogP contribution in [0.15, 0.2) is 42.0 Å². The third-order valence-corrected chi connectivity index (χ3v) is 6.04. The van der Waals surface area contributed by atoms with E-state index in [0.717, 1.165) is 0 Å². The van der Waals surface area contributed by atoms with Crippen LogP contribution in [0.25, 0.3) is 5.76 Å². The largest absolute Gasteiger partial charge is 0.507 e. The average Bonchev–Trinajstić information content (AvgIpc) is 3.10. The number of hydrogen-bond acceptors (Lipinski definition) is 7. The number of ether oxygens (including phenoxy) is 3. The molecule has 1 amide bonds. The van der Waals surface area contributed by atoms with Crippen molar-refractivity contribution in [2.75, 3.05) is 47.0 Å². The molecular weight excluding hydrogens is 484 g/mol. The molecule has 194 valence electrons. The van der Waals surface area contributed by atoms with Crippen LogP contribution in [0, 0.1) is 0 Å². The topological polar surface area (TPSA) is 88.5 Å². The van der Waals surface area contributed by atoms with E-state index < -0.39 is 17.7 Å². The summed E-state index contributed by atoms with van der Waals surface area (Å²) in [5, 5.41) is 11.6. The van der Waals surface area contributed by atoms with Crippen molar-refractivity contribution in [3.05, 3.63) is 58.1 Å². The summed E-state index contributed by atoms with van der Waals surface area (Å²) in [5.41, 5.74) is 0.786. The lowest BCUT2D eigenvalue weighted by Crippen LogP contribution is -2.35. The van der Waals surface area contributed by atoms with Crippen LogP contribution in [-0.2, 0) is 9.59 Å². The fraction of sp³-hybridized carbons (Fsp3) is 0.407. The molecule has 1 aliphatic heterocycles. The van der Waals surface area contributed by atoms with E-state index in [0.29, 0.717) is 49.2 Å². The van der Waals surface area contributed by atoms with Gasteiger partial charge in [-0.3, -0.25) is 9.59 Å². The number of halogens is 1. The number of aliphatic hydroxyl groups is 1. The highest BCUT2D eigenvalue weighted by atomic mass is 35.5. The number of nitrogens with zero attached hydrogens (tertiary/aromatic N) is 2. The smallest absolute Gasteiger partial charge is 0.295 e. The van der Waals surface area contributed by atoms with Gasteiger partial charge in [-0.25, -0.2) is 0 Å². The van der Waals surface area contributed by atoms with Crippen molar-refractivity contribution >= 4 is 29.1 Å². The van der Waals surface area contributed by atoms with Crippen LogP contribution in [0.3, 0.4) is 0 Å². The van der Waals surface area contributed by atoms with Crippen LogP contribution in [0.4, 0.5) is 0 Å². The molecule has 9 heteroatoms. The molecule has 0 radical (unpaired) electrons. The van der Waals surface area contributed by atoms with Gasteiger partial charge in [0.2, 0.25) is 0 Å². The Morgan fingerprint density at radius 2 is 1.64 bits per heavy atom. The van der Waals surface area contributed by atoms with Gasteiger partial charge in [-0.15, -0.1) is 0 Å². The number of hydrogen-bond donors (Lipinski definition) is 1. The van der Waals surface area contributed by atoms with E-state index >= 15 is 0 Å². The molecule has 8 nitrogen and oxygen atoms in total. The Hall–Kier alpha value is -3.23. The number of aliphatic hydroxyl groups excluding tert-OH is 1. The van der Waals surface area contributed by atoms with Gasteiger partial charge in [0.25, 0.3) is 11.7 Å². The highest BCUT2D eigenvalue weighted by molar-refractivity contribution is 6.47. The van der Waals surface area contributed by atoms with Gasteiger partial charge in [-0.05, 0) is 70.8 Å². The molecule has 1 saturated heterocycles. The number of ketones is 1. The van der Waals surface area contributed by atoms with Gasteiger partial charge in [0.1, 0.15) is 11.5 Å². The van der Waals surface area contributed by atoms with Crippen molar-refractivity contribution in [3.63, 3.8) is 0 Å². The molecule has 2 aromatic rings. The highest BCUT2D eigenvalue weighted by Crippen LogP contribution is 2.43. The van der Waals surface area contributed by atoms with Crippen molar-refractivity contribution in [1.82, 2.24) is 9.80 Å². The second-order valence-corrected chi connectivity index (χ2v) is 8.85. The number of carbonyl (C=O) groups excluding carboxylic acids is 2. The number of likely N-dealkylation sites (N-methyl/N-ethyl adjacent to an activating group) is 1. The summed E-state index contributed by atoms with van der Waals surface area (Å²) >= 11 is 6.41. The quantitative estimate of drug-likeness (QED) is 0.267. The third kappa shape index (κ3) is 5.77. The van der Waals surface area contributed by atoms with Crippen LogP contribution in [-0.4, -0.2) is 73.6 Å². The summed E-state index contributed by atoms with van der Waals surface area (Å²) < 4.78 is 17.0. The third-order valence-electron chi connectivity index (χ3n) is 5.72. The Bertz CT molecular complexity index is 1150. The second-order valence-electron chi connectivity index (χ2n) is 8.44. The standard InChI is InChI=1S/C27H33ClN2O6/c1-6-34-18-10-11-20(28)19(16-18)25(31)23-24(30(14-13-29(4)5)27(33)26(23)32)17-9-12-21(35-7-2)22(15-17)36-8-3/h9-12,15-16,24,31H,6-8,13-14H2,1-5H3/b25-23+. The molecule has 0 bridgehead atoms. The summed E-state index contributed by atoms with van der Waals surface area (Å²) in [7, 11) is 3.77. The lowest BCUT2D eigenvalue weighted by Gasteiger charge is -2.27. The zero-order chi connectivity index (χ0) is 26.4. The molecule has 1 atom stereocenters. The molecule has 1 fully saturated rings. The Morgan fingerprint density at radius 1 is 0.972 bits per heavy atom. The van der Waals surface area contributed by atoms with Crippen LogP contribution in [0.1, 0.15) is 37.9 Å². The highest BCUT2D eigenvalue weighted by Gasteiger charge is 2.46. The van der Waals surface area contributed by atoms with E-state index in [1.165, 1.54) is 4.90 Å². The van der Waals surface area contributed by atoms with Gasteiger partial charge in [0.15, 0.2) is 11.5 Å². The molecular formula is C27H33ClN2O6. The molecule has 0 aliphatic carbocycles. The van der Waals surface area contributed by atoms with Crippen molar-refractivity contribution in [1.29, 1.82) is 0 Å². The fourth-order valence-electron chi connectivity index (χ4n) is 4.09. The second kappa shape index (κ2) is 12.1. The number of rotatable bonds is 11. The molecule has 1 unspecified atom stereocenters. The summed E-state index contributed by atoms with van der Waals surface area (Å²) in [4.78, 5) is 29.9. The van der Waals surface area contributed by atoms with Crippen molar-refractivity contribution in [2.45, 2.75) is 26.8 Å². The predicted molar refractivity (Wildman–Crippen MR) is 139 cm³/mol. The number of amides is 1. The summed E-state index contributed by atoms with van der Waals surface area (Å²) in [5.74, 6) is -0.286. The average molecular weight is 517 g/mol. The van der Waals surface area contributed by atoms with E-state index in [2.05, 4.69) is 0 Å². The Balaban J connectivity index is 2.21. The van der Waals surface area contributed by atoms with E-state index in [1.54, 1.807) is 36.4 Å². The van der Waals surface area contributed by atoms with Gasteiger partial charge < -0.3 is 29.1 Å². The van der Waals surface area contributed by atoms with Crippen LogP contribution >= 0.6 is 11.6 Å². The minimum atomic E-state index is -0.841. The number of carbonyl (C=O) groups is 2. The molecule has 36 heavy (non-hydrogen) atoms. The first-order valence-corrected chi connectivity index (χ1v) is 12.4. The maximum atomic E-state index is 13.3. The van der Waals surface area contributed by atoms with Crippen LogP contribution < -0.4 is 14.2 Å². The van der Waals surface area contributed by atoms with Gasteiger partial charge in [0, 0.05) is 18.7 Å². The van der Waals surface area contributed by atoms with Gasteiger partial charge >= 0.3 is 0 Å². The lowest BCUT2D eigenvalue weighted by molar-refractivity contribution is -0.140.